The van der Waals surface area contributed by atoms with Crippen LogP contribution in [0, 0.1) is 11.8 Å². The van der Waals surface area contributed by atoms with Gasteiger partial charge in [-0.15, -0.1) is 0 Å². The smallest absolute Gasteiger partial charge is 0.315 e. The number of urea groups is 1. The van der Waals surface area contributed by atoms with Gasteiger partial charge in [0.1, 0.15) is 0 Å². The van der Waals surface area contributed by atoms with Gasteiger partial charge in [0, 0.05) is 25.6 Å². The molecule has 1 rings (SSSR count). The second kappa shape index (κ2) is 8.49. The molecule has 3 amide bonds. The highest BCUT2D eigenvalue weighted by Gasteiger charge is 2.30. The highest BCUT2D eigenvalue weighted by atomic mass is 16.4. The first-order chi connectivity index (χ1) is 9.88. The van der Waals surface area contributed by atoms with Gasteiger partial charge < -0.3 is 21.1 Å². The van der Waals surface area contributed by atoms with Crippen LogP contribution in [-0.4, -0.2) is 42.1 Å². The molecule has 0 radical (unpaired) electrons. The van der Waals surface area contributed by atoms with Gasteiger partial charge in [-0.1, -0.05) is 13.8 Å². The van der Waals surface area contributed by atoms with Crippen molar-refractivity contribution in [3.05, 3.63) is 0 Å². The van der Waals surface area contributed by atoms with Crippen LogP contribution in [0.25, 0.3) is 0 Å². The third-order valence-electron chi connectivity index (χ3n) is 3.46. The summed E-state index contributed by atoms with van der Waals surface area (Å²) in [6.45, 7) is 4.92. The summed E-state index contributed by atoms with van der Waals surface area (Å²) in [7, 11) is 0. The number of aliphatic carboxylic acids is 1. The minimum Gasteiger partial charge on any atom is -0.481 e. The fraction of sp³-hybridized carbons (Fsp3) is 0.786. The van der Waals surface area contributed by atoms with Crippen molar-refractivity contribution in [1.29, 1.82) is 0 Å². The predicted molar refractivity (Wildman–Crippen MR) is 77.8 cm³/mol. The Morgan fingerprint density at radius 2 is 1.90 bits per heavy atom. The zero-order chi connectivity index (χ0) is 15.8. The molecule has 2 atom stereocenters. The van der Waals surface area contributed by atoms with Crippen LogP contribution in [0.1, 0.15) is 39.5 Å². The van der Waals surface area contributed by atoms with Crippen LogP contribution < -0.4 is 16.0 Å². The average Bonchev–Trinajstić information content (AvgIpc) is 2.85. The maximum Gasteiger partial charge on any atom is 0.315 e. The molecule has 0 aromatic rings. The van der Waals surface area contributed by atoms with Gasteiger partial charge in [0.15, 0.2) is 0 Å². The summed E-state index contributed by atoms with van der Waals surface area (Å²) >= 11 is 0. The highest BCUT2D eigenvalue weighted by molar-refractivity contribution is 5.78. The molecule has 120 valence electrons. The van der Waals surface area contributed by atoms with Crippen LogP contribution >= 0.6 is 0 Å². The van der Waals surface area contributed by atoms with Gasteiger partial charge in [-0.3, -0.25) is 9.59 Å². The van der Waals surface area contributed by atoms with E-state index in [-0.39, 0.29) is 36.9 Å². The van der Waals surface area contributed by atoms with Crippen molar-refractivity contribution in [3.63, 3.8) is 0 Å². The predicted octanol–water partition coefficient (Wildman–Crippen LogP) is 0.701. The summed E-state index contributed by atoms with van der Waals surface area (Å²) < 4.78 is 0. The largest absolute Gasteiger partial charge is 0.481 e. The summed E-state index contributed by atoms with van der Waals surface area (Å²) in [6, 6.07) is -0.441. The van der Waals surface area contributed by atoms with E-state index in [4.69, 9.17) is 5.11 Å². The molecule has 7 heteroatoms. The van der Waals surface area contributed by atoms with E-state index in [1.807, 2.05) is 13.8 Å². The Balaban J connectivity index is 2.12. The first kappa shape index (κ1) is 17.3. The molecular weight excluding hydrogens is 274 g/mol. The normalized spacial score (nSPS) is 21.1. The Kier molecular flexibility index (Phi) is 6.98. The molecule has 0 spiro atoms. The Labute approximate surface area is 124 Å². The summed E-state index contributed by atoms with van der Waals surface area (Å²) in [5.41, 5.74) is 0. The van der Waals surface area contributed by atoms with E-state index in [0.29, 0.717) is 31.7 Å². The molecule has 21 heavy (non-hydrogen) atoms. The summed E-state index contributed by atoms with van der Waals surface area (Å²) in [6.07, 6.45) is 1.98. The number of hydrogen-bond donors (Lipinski definition) is 4. The van der Waals surface area contributed by atoms with Crippen molar-refractivity contribution in [1.82, 2.24) is 16.0 Å². The van der Waals surface area contributed by atoms with Gasteiger partial charge >= 0.3 is 12.0 Å². The van der Waals surface area contributed by atoms with Crippen LogP contribution in [-0.2, 0) is 9.59 Å². The van der Waals surface area contributed by atoms with Crippen molar-refractivity contribution in [2.24, 2.45) is 11.8 Å². The molecule has 1 aliphatic carbocycles. The third-order valence-corrected chi connectivity index (χ3v) is 3.46. The maximum absolute atomic E-state index is 11.6. The lowest BCUT2D eigenvalue weighted by Gasteiger charge is -2.13. The van der Waals surface area contributed by atoms with Gasteiger partial charge in [0.25, 0.3) is 0 Å². The zero-order valence-corrected chi connectivity index (χ0v) is 12.6. The van der Waals surface area contributed by atoms with Crippen molar-refractivity contribution in [2.75, 3.05) is 13.1 Å². The Hall–Kier alpha value is -1.79. The number of rotatable bonds is 7. The van der Waals surface area contributed by atoms with Crippen molar-refractivity contribution in [2.45, 2.75) is 45.6 Å². The number of carboxylic acid groups (broad SMARTS) is 1. The number of amides is 3. The maximum atomic E-state index is 11.6. The van der Waals surface area contributed by atoms with E-state index in [0.717, 1.165) is 0 Å². The number of carbonyl (C=O) groups is 3. The van der Waals surface area contributed by atoms with Crippen molar-refractivity contribution < 1.29 is 19.5 Å². The highest BCUT2D eigenvalue weighted by Crippen LogP contribution is 2.25. The fourth-order valence-electron chi connectivity index (χ4n) is 2.27. The van der Waals surface area contributed by atoms with Crippen LogP contribution in [0.4, 0.5) is 4.79 Å². The van der Waals surface area contributed by atoms with Gasteiger partial charge in [-0.05, 0) is 25.2 Å². The number of nitrogens with one attached hydrogen (secondary N) is 3. The second-order valence-corrected chi connectivity index (χ2v) is 5.89. The number of carbonyl (C=O) groups excluding carboxylic acids is 2. The average molecular weight is 299 g/mol. The summed E-state index contributed by atoms with van der Waals surface area (Å²) in [4.78, 5) is 33.9. The Morgan fingerprint density at radius 1 is 1.19 bits per heavy atom. The molecule has 0 unspecified atom stereocenters. The lowest BCUT2D eigenvalue weighted by molar-refractivity contribution is -0.141. The number of hydrogen-bond acceptors (Lipinski definition) is 3. The fourth-order valence-corrected chi connectivity index (χ4v) is 2.27. The van der Waals surface area contributed by atoms with Gasteiger partial charge in [-0.2, -0.15) is 0 Å². The molecule has 1 aliphatic rings. The van der Waals surface area contributed by atoms with E-state index in [9.17, 15) is 14.4 Å². The first-order valence-corrected chi connectivity index (χ1v) is 7.42. The minimum atomic E-state index is -0.804. The standard InChI is InChI=1S/C14H25N3O4/c1-9(2)8-16-12(18)5-6-15-14(21)17-11-4-3-10(7-11)13(19)20/h9-11H,3-8H2,1-2H3,(H,16,18)(H,19,20)(H2,15,17,21)/t10-,11+/m1/s1. The lowest BCUT2D eigenvalue weighted by Crippen LogP contribution is -2.42. The molecular formula is C14H25N3O4. The quantitative estimate of drug-likeness (QED) is 0.555. The SMILES string of the molecule is CC(C)CNC(=O)CCNC(=O)N[C@H]1CC[C@@H](C(=O)O)C1. The second-order valence-electron chi connectivity index (χ2n) is 5.89. The van der Waals surface area contributed by atoms with Gasteiger partial charge in [0.05, 0.1) is 5.92 Å². The van der Waals surface area contributed by atoms with Gasteiger partial charge in [-0.25, -0.2) is 4.79 Å². The molecule has 1 saturated carbocycles. The van der Waals surface area contributed by atoms with Crippen molar-refractivity contribution >= 4 is 17.9 Å². The van der Waals surface area contributed by atoms with Crippen LogP contribution in [0.5, 0.6) is 0 Å². The molecule has 0 saturated heterocycles. The topological polar surface area (TPSA) is 108 Å². The van der Waals surface area contributed by atoms with E-state index in [2.05, 4.69) is 16.0 Å². The molecule has 4 N–H and O–H groups in total. The van der Waals surface area contributed by atoms with E-state index < -0.39 is 5.97 Å². The van der Waals surface area contributed by atoms with E-state index in [1.54, 1.807) is 0 Å². The Bertz CT molecular complexity index is 384. The third kappa shape index (κ3) is 6.97. The molecule has 0 aliphatic heterocycles. The van der Waals surface area contributed by atoms with E-state index in [1.165, 1.54) is 0 Å². The molecule has 0 bridgehead atoms. The van der Waals surface area contributed by atoms with Crippen LogP contribution in [0.2, 0.25) is 0 Å². The van der Waals surface area contributed by atoms with Crippen LogP contribution in [0.15, 0.2) is 0 Å². The molecule has 1 fully saturated rings. The first-order valence-electron chi connectivity index (χ1n) is 7.42. The summed E-state index contributed by atoms with van der Waals surface area (Å²) in [5.74, 6) is -0.857. The lowest BCUT2D eigenvalue weighted by atomic mass is 10.1. The number of carboxylic acids is 1. The van der Waals surface area contributed by atoms with Crippen molar-refractivity contribution in [3.8, 4) is 0 Å². The molecule has 0 aromatic heterocycles. The molecule has 0 heterocycles. The summed E-state index contributed by atoms with van der Waals surface area (Å²) in [5, 5.41) is 17.0. The van der Waals surface area contributed by atoms with Gasteiger partial charge in [0.2, 0.25) is 5.91 Å². The minimum absolute atomic E-state index is 0.0872. The zero-order valence-electron chi connectivity index (χ0n) is 12.6. The molecule has 7 nitrogen and oxygen atoms in total. The Morgan fingerprint density at radius 3 is 2.48 bits per heavy atom. The monoisotopic (exact) mass is 299 g/mol. The molecule has 0 aromatic carbocycles. The van der Waals surface area contributed by atoms with Crippen LogP contribution in [0.3, 0.4) is 0 Å². The van der Waals surface area contributed by atoms with E-state index >= 15 is 0 Å².